The molecule has 0 saturated carbocycles. The van der Waals surface area contributed by atoms with Gasteiger partial charge in [-0.25, -0.2) is 4.98 Å². The molecule has 1 aromatic carbocycles. The summed E-state index contributed by atoms with van der Waals surface area (Å²) in [6, 6.07) is 6.70. The molecule has 4 saturated heterocycles. The van der Waals surface area contributed by atoms with Crippen LogP contribution in [0.5, 0.6) is 5.88 Å². The van der Waals surface area contributed by atoms with Crippen molar-refractivity contribution in [1.29, 1.82) is 0 Å². The quantitative estimate of drug-likeness (QED) is 0.543. The Labute approximate surface area is 223 Å². The highest BCUT2D eigenvalue weighted by Gasteiger charge is 2.43. The van der Waals surface area contributed by atoms with Crippen LogP contribution in [0.2, 0.25) is 5.02 Å². The van der Waals surface area contributed by atoms with Gasteiger partial charge < -0.3 is 35.1 Å². The SMILES string of the molecule is CN1CCN(C2CCN(c3ccc(Nc4ncc(Cl)c(O[C@@H]5CO[C@@H]6CCO[C@@H]65)n4)cc3N)CC2)CC1. The van der Waals surface area contributed by atoms with E-state index < -0.39 is 0 Å². The Morgan fingerprint density at radius 2 is 1.89 bits per heavy atom. The van der Waals surface area contributed by atoms with Crippen LogP contribution in [0.4, 0.5) is 23.0 Å². The fourth-order valence-corrected chi connectivity index (χ4v) is 6.01. The second-order valence-electron chi connectivity index (χ2n) is 10.5. The van der Waals surface area contributed by atoms with Crippen LogP contribution in [0.25, 0.3) is 0 Å². The summed E-state index contributed by atoms with van der Waals surface area (Å²) in [5.41, 5.74) is 9.13. The fourth-order valence-electron chi connectivity index (χ4n) is 5.88. The third-order valence-corrected chi connectivity index (χ3v) is 8.30. The van der Waals surface area contributed by atoms with Crippen LogP contribution in [0, 0.1) is 0 Å². The smallest absolute Gasteiger partial charge is 0.237 e. The van der Waals surface area contributed by atoms with Crippen LogP contribution < -0.4 is 20.7 Å². The van der Waals surface area contributed by atoms with Crippen molar-refractivity contribution in [1.82, 2.24) is 19.8 Å². The zero-order chi connectivity index (χ0) is 25.4. The van der Waals surface area contributed by atoms with Gasteiger partial charge in [0.15, 0.2) is 6.10 Å². The molecule has 4 aliphatic heterocycles. The number of hydrogen-bond acceptors (Lipinski definition) is 10. The predicted octanol–water partition coefficient (Wildman–Crippen LogP) is 2.61. The predicted molar refractivity (Wildman–Crippen MR) is 144 cm³/mol. The van der Waals surface area contributed by atoms with Gasteiger partial charge in [-0.2, -0.15) is 4.98 Å². The van der Waals surface area contributed by atoms with E-state index in [9.17, 15) is 0 Å². The molecule has 11 heteroatoms. The molecular formula is C26H36ClN7O3. The van der Waals surface area contributed by atoms with Crippen LogP contribution in [0.15, 0.2) is 24.4 Å². The van der Waals surface area contributed by atoms with Gasteiger partial charge in [0.1, 0.15) is 11.1 Å². The Morgan fingerprint density at radius 3 is 2.68 bits per heavy atom. The lowest BCUT2D eigenvalue weighted by Gasteiger charge is -2.42. The number of nitrogen functional groups attached to an aromatic ring is 1. The van der Waals surface area contributed by atoms with Gasteiger partial charge in [-0.05, 0) is 44.5 Å². The number of fused-ring (bicyclic) bond motifs is 1. The molecule has 6 rings (SSSR count). The molecule has 3 N–H and O–H groups in total. The highest BCUT2D eigenvalue weighted by Crippen LogP contribution is 2.33. The zero-order valence-electron chi connectivity index (χ0n) is 21.3. The van der Waals surface area contributed by atoms with Crippen molar-refractivity contribution >= 4 is 34.6 Å². The summed E-state index contributed by atoms with van der Waals surface area (Å²) in [4.78, 5) is 16.3. The summed E-state index contributed by atoms with van der Waals surface area (Å²) in [7, 11) is 2.21. The van der Waals surface area contributed by atoms with E-state index in [1.807, 2.05) is 12.1 Å². The van der Waals surface area contributed by atoms with Gasteiger partial charge in [0.05, 0.1) is 30.3 Å². The minimum Gasteiger partial charge on any atom is -0.468 e. The monoisotopic (exact) mass is 529 g/mol. The van der Waals surface area contributed by atoms with Crippen LogP contribution in [-0.2, 0) is 9.47 Å². The molecule has 0 unspecified atom stereocenters. The number of aromatic nitrogens is 2. The van der Waals surface area contributed by atoms with Crippen LogP contribution >= 0.6 is 11.6 Å². The minimum absolute atomic E-state index is 0.0820. The molecule has 200 valence electrons. The lowest BCUT2D eigenvalue weighted by Crippen LogP contribution is -2.52. The van der Waals surface area contributed by atoms with Gasteiger partial charge in [-0.1, -0.05) is 11.6 Å². The average molecular weight is 530 g/mol. The van der Waals surface area contributed by atoms with Gasteiger partial charge in [0.25, 0.3) is 0 Å². The topological polar surface area (TPSA) is 101 Å². The third kappa shape index (κ3) is 5.44. The number of halogens is 1. The van der Waals surface area contributed by atoms with Gasteiger partial charge >= 0.3 is 0 Å². The van der Waals surface area contributed by atoms with Crippen LogP contribution in [0.1, 0.15) is 19.3 Å². The molecule has 1 aromatic heterocycles. The second kappa shape index (κ2) is 10.8. The third-order valence-electron chi connectivity index (χ3n) is 8.04. The number of piperidine rings is 1. The number of anilines is 4. The van der Waals surface area contributed by atoms with Crippen molar-refractivity contribution in [2.75, 3.05) is 75.5 Å². The van der Waals surface area contributed by atoms with E-state index in [0.29, 0.717) is 36.1 Å². The van der Waals surface area contributed by atoms with E-state index in [1.165, 1.54) is 32.1 Å². The fraction of sp³-hybridized carbons (Fsp3) is 0.615. The van der Waals surface area contributed by atoms with E-state index >= 15 is 0 Å². The Morgan fingerprint density at radius 1 is 1.08 bits per heavy atom. The van der Waals surface area contributed by atoms with Crippen molar-refractivity contribution in [3.8, 4) is 5.88 Å². The van der Waals surface area contributed by atoms with Crippen LogP contribution in [-0.4, -0.2) is 104 Å². The second-order valence-corrected chi connectivity index (χ2v) is 10.9. The van der Waals surface area contributed by atoms with E-state index in [2.05, 4.69) is 43.1 Å². The molecule has 5 heterocycles. The van der Waals surface area contributed by atoms with E-state index in [4.69, 9.17) is 31.5 Å². The molecule has 0 aliphatic carbocycles. The molecule has 0 spiro atoms. The zero-order valence-corrected chi connectivity index (χ0v) is 22.1. The molecule has 0 amide bonds. The van der Waals surface area contributed by atoms with Gasteiger partial charge in [0, 0.05) is 57.6 Å². The van der Waals surface area contributed by atoms with Gasteiger partial charge in [-0.15, -0.1) is 0 Å². The van der Waals surface area contributed by atoms with Crippen LogP contribution in [0.3, 0.4) is 0 Å². The molecule has 0 radical (unpaired) electrons. The number of piperazine rings is 1. The molecule has 0 bridgehead atoms. The van der Waals surface area contributed by atoms with E-state index in [-0.39, 0.29) is 18.3 Å². The summed E-state index contributed by atoms with van der Waals surface area (Å²) in [6.07, 6.45) is 4.54. The average Bonchev–Trinajstić information content (AvgIpc) is 3.52. The Hall–Kier alpha value is -2.37. The number of ether oxygens (including phenoxy) is 3. The summed E-state index contributed by atoms with van der Waals surface area (Å²) in [5, 5.41) is 3.58. The first kappa shape index (κ1) is 24.9. The molecular weight excluding hydrogens is 494 g/mol. The maximum Gasteiger partial charge on any atom is 0.237 e. The standard InChI is InChI=1S/C26H36ClN7O3/c1-32-9-11-33(12-10-32)18-4-7-34(8-5-18)21-3-2-17(14-20(21)28)30-26-29-15-19(27)25(31-26)37-23-16-36-22-6-13-35-24(22)23/h2-3,14-15,18,22-24H,4-13,16,28H2,1H3,(H,29,30,31)/t22-,23-,24+/m1/s1. The summed E-state index contributed by atoms with van der Waals surface area (Å²) >= 11 is 6.33. The molecule has 3 atom stereocenters. The van der Waals surface area contributed by atoms with Crippen molar-refractivity contribution in [2.24, 2.45) is 0 Å². The maximum atomic E-state index is 6.50. The highest BCUT2D eigenvalue weighted by atomic mass is 35.5. The first-order valence-electron chi connectivity index (χ1n) is 13.3. The maximum absolute atomic E-state index is 6.50. The molecule has 37 heavy (non-hydrogen) atoms. The van der Waals surface area contributed by atoms with Crippen molar-refractivity contribution in [3.05, 3.63) is 29.4 Å². The minimum atomic E-state index is -0.233. The van der Waals surface area contributed by atoms with E-state index in [1.54, 1.807) is 0 Å². The lowest BCUT2D eigenvalue weighted by atomic mass is 10.0. The Bertz CT molecular complexity index is 1090. The van der Waals surface area contributed by atoms with E-state index in [0.717, 1.165) is 49.7 Å². The molecule has 10 nitrogen and oxygen atoms in total. The number of hydrogen-bond donors (Lipinski definition) is 2. The largest absolute Gasteiger partial charge is 0.468 e. The number of nitrogens with two attached hydrogens (primary N) is 1. The highest BCUT2D eigenvalue weighted by molar-refractivity contribution is 6.31. The Kier molecular flexibility index (Phi) is 7.27. The summed E-state index contributed by atoms with van der Waals surface area (Å²) in [5.74, 6) is 0.707. The van der Waals surface area contributed by atoms with Crippen molar-refractivity contribution < 1.29 is 14.2 Å². The first-order chi connectivity index (χ1) is 18.0. The summed E-state index contributed by atoms with van der Waals surface area (Å²) < 4.78 is 17.6. The number of likely N-dealkylation sites (N-methyl/N-ethyl adjacent to an activating group) is 1. The van der Waals surface area contributed by atoms with Gasteiger partial charge in [0.2, 0.25) is 11.8 Å². The molecule has 4 aliphatic rings. The molecule has 2 aromatic rings. The van der Waals surface area contributed by atoms with Crippen molar-refractivity contribution in [3.63, 3.8) is 0 Å². The number of rotatable bonds is 6. The van der Waals surface area contributed by atoms with Crippen molar-refractivity contribution in [2.45, 2.75) is 43.6 Å². The number of nitrogens with zero attached hydrogens (tertiary/aromatic N) is 5. The van der Waals surface area contributed by atoms with Gasteiger partial charge in [-0.3, -0.25) is 4.90 Å². The number of nitrogens with one attached hydrogen (secondary N) is 1. The number of benzene rings is 1. The Balaban J connectivity index is 1.07. The molecule has 4 fully saturated rings. The normalized spacial score (nSPS) is 27.4. The summed E-state index contributed by atoms with van der Waals surface area (Å²) in [6.45, 7) is 7.86. The lowest BCUT2D eigenvalue weighted by molar-refractivity contribution is 0.0290. The first-order valence-corrected chi connectivity index (χ1v) is 13.7.